The summed E-state index contributed by atoms with van der Waals surface area (Å²) in [6.07, 6.45) is 0. The number of nitrogens with zero attached hydrogens (tertiary/aromatic N) is 4. The van der Waals surface area contributed by atoms with Gasteiger partial charge in [0.15, 0.2) is 0 Å². The Balaban J connectivity index is 1.44. The van der Waals surface area contributed by atoms with Gasteiger partial charge in [0.25, 0.3) is 11.8 Å². The Morgan fingerprint density at radius 1 is 0.897 bits per heavy atom. The average Bonchev–Trinajstić information content (AvgIpc) is 2.96. The average molecular weight is 523 g/mol. The topological polar surface area (TPSA) is 92.7 Å². The molecule has 8 nitrogen and oxygen atoms in total. The number of piperazine rings is 1. The van der Waals surface area contributed by atoms with Crippen LogP contribution >= 0.6 is 0 Å². The number of rotatable bonds is 5. The van der Waals surface area contributed by atoms with Crippen LogP contribution in [0.15, 0.2) is 72.8 Å². The number of esters is 1. The molecular weight excluding hydrogens is 492 g/mol. The third-order valence-corrected chi connectivity index (χ3v) is 6.95. The van der Waals surface area contributed by atoms with E-state index in [4.69, 9.17) is 4.74 Å². The maximum atomic E-state index is 13.9. The van der Waals surface area contributed by atoms with Gasteiger partial charge in [-0.3, -0.25) is 9.59 Å². The van der Waals surface area contributed by atoms with E-state index in [2.05, 4.69) is 9.97 Å². The molecule has 1 fully saturated rings. The van der Waals surface area contributed by atoms with Gasteiger partial charge in [0.05, 0.1) is 12.3 Å². The molecule has 5 rings (SSSR count). The molecule has 0 radical (unpaired) electrons. The van der Waals surface area contributed by atoms with Crippen LogP contribution in [-0.4, -0.2) is 69.8 Å². The van der Waals surface area contributed by atoms with Crippen LogP contribution in [0.5, 0.6) is 0 Å². The zero-order valence-corrected chi connectivity index (χ0v) is 22.3. The van der Waals surface area contributed by atoms with Crippen LogP contribution in [0, 0.1) is 6.92 Å². The lowest BCUT2D eigenvalue weighted by atomic mass is 10.0. The summed E-state index contributed by atoms with van der Waals surface area (Å²) in [6.45, 7) is 6.47. The first-order chi connectivity index (χ1) is 18.9. The zero-order valence-electron chi connectivity index (χ0n) is 22.3. The molecule has 4 aromatic rings. The molecule has 2 amide bonds. The molecule has 1 atom stereocenters. The molecule has 0 N–H and O–H groups in total. The Hall–Kier alpha value is -4.59. The van der Waals surface area contributed by atoms with Gasteiger partial charge in [0.1, 0.15) is 17.1 Å². The summed E-state index contributed by atoms with van der Waals surface area (Å²) < 4.78 is 5.32. The number of amides is 2. The van der Waals surface area contributed by atoms with E-state index >= 15 is 0 Å². The van der Waals surface area contributed by atoms with Crippen molar-refractivity contribution in [3.05, 3.63) is 95.4 Å². The van der Waals surface area contributed by atoms with Crippen molar-refractivity contribution in [2.75, 3.05) is 26.2 Å². The van der Waals surface area contributed by atoms with E-state index in [1.165, 1.54) is 0 Å². The summed E-state index contributed by atoms with van der Waals surface area (Å²) in [4.78, 5) is 52.9. The number of benzene rings is 3. The highest BCUT2D eigenvalue weighted by Gasteiger charge is 2.35. The fourth-order valence-electron chi connectivity index (χ4n) is 5.09. The summed E-state index contributed by atoms with van der Waals surface area (Å²) in [5, 5.41) is 1.91. The first-order valence-corrected chi connectivity index (χ1v) is 13.1. The first-order valence-electron chi connectivity index (χ1n) is 13.1. The van der Waals surface area contributed by atoms with Crippen molar-refractivity contribution in [3.63, 3.8) is 0 Å². The van der Waals surface area contributed by atoms with Crippen LogP contribution in [0.1, 0.15) is 50.9 Å². The van der Waals surface area contributed by atoms with Gasteiger partial charge in [-0.2, -0.15) is 0 Å². The summed E-state index contributed by atoms with van der Waals surface area (Å²) in [7, 11) is 0. The van der Waals surface area contributed by atoms with E-state index in [0.29, 0.717) is 42.3 Å². The maximum Gasteiger partial charge on any atom is 0.342 e. The van der Waals surface area contributed by atoms with Crippen molar-refractivity contribution in [1.29, 1.82) is 0 Å². The van der Waals surface area contributed by atoms with Crippen molar-refractivity contribution in [1.82, 2.24) is 19.8 Å². The molecule has 39 heavy (non-hydrogen) atoms. The second-order valence-corrected chi connectivity index (χ2v) is 9.55. The van der Waals surface area contributed by atoms with E-state index < -0.39 is 5.97 Å². The molecule has 1 aliphatic rings. The summed E-state index contributed by atoms with van der Waals surface area (Å²) in [6, 6.07) is 22.5. The fourth-order valence-corrected chi connectivity index (χ4v) is 5.09. The largest absolute Gasteiger partial charge is 0.462 e. The molecule has 8 heteroatoms. The van der Waals surface area contributed by atoms with Crippen molar-refractivity contribution in [2.45, 2.75) is 26.8 Å². The quantitative estimate of drug-likeness (QED) is 0.351. The van der Waals surface area contributed by atoms with Crippen LogP contribution in [0.25, 0.3) is 22.0 Å². The highest BCUT2D eigenvalue weighted by atomic mass is 16.5. The van der Waals surface area contributed by atoms with Crippen LogP contribution in [0.2, 0.25) is 0 Å². The Bertz CT molecular complexity index is 1550. The van der Waals surface area contributed by atoms with Crippen LogP contribution < -0.4 is 0 Å². The predicted octanol–water partition coefficient (Wildman–Crippen LogP) is 4.77. The van der Waals surface area contributed by atoms with Crippen molar-refractivity contribution < 1.29 is 19.1 Å². The molecule has 0 aliphatic carbocycles. The molecule has 3 aromatic carbocycles. The van der Waals surface area contributed by atoms with Gasteiger partial charge in [-0.05, 0) is 37.6 Å². The van der Waals surface area contributed by atoms with Gasteiger partial charge in [0.2, 0.25) is 0 Å². The Morgan fingerprint density at radius 2 is 1.62 bits per heavy atom. The minimum atomic E-state index is -0.641. The lowest BCUT2D eigenvalue weighted by molar-refractivity contribution is 0.0407. The van der Waals surface area contributed by atoms with E-state index in [9.17, 15) is 14.4 Å². The number of carbonyl (C=O) groups excluding carboxylic acids is 3. The number of hydrogen-bond donors (Lipinski definition) is 0. The van der Waals surface area contributed by atoms with Crippen molar-refractivity contribution in [3.8, 4) is 11.3 Å². The summed E-state index contributed by atoms with van der Waals surface area (Å²) in [5.41, 5.74) is 1.77. The smallest absolute Gasteiger partial charge is 0.342 e. The number of fused-ring (bicyclic) bond motifs is 1. The molecule has 0 bridgehead atoms. The summed E-state index contributed by atoms with van der Waals surface area (Å²) >= 11 is 0. The van der Waals surface area contributed by atoms with Crippen molar-refractivity contribution >= 4 is 28.6 Å². The number of aryl methyl sites for hydroxylation is 1. The first kappa shape index (κ1) is 26.0. The highest BCUT2D eigenvalue weighted by molar-refractivity contribution is 6.08. The van der Waals surface area contributed by atoms with Gasteiger partial charge < -0.3 is 14.5 Å². The molecule has 0 saturated carbocycles. The molecule has 1 saturated heterocycles. The third-order valence-electron chi connectivity index (χ3n) is 6.95. The molecule has 1 unspecified atom stereocenters. The third kappa shape index (κ3) is 5.10. The van der Waals surface area contributed by atoms with E-state index in [0.717, 1.165) is 10.8 Å². The van der Waals surface area contributed by atoms with Crippen LogP contribution in [0.4, 0.5) is 0 Å². The molecule has 198 valence electrons. The molecule has 0 spiro atoms. The fraction of sp³-hybridized carbons (Fsp3) is 0.258. The molecule has 1 aromatic heterocycles. The van der Waals surface area contributed by atoms with Gasteiger partial charge >= 0.3 is 5.97 Å². The number of aromatic nitrogens is 2. The monoisotopic (exact) mass is 522 g/mol. The van der Waals surface area contributed by atoms with Gasteiger partial charge in [0, 0.05) is 36.8 Å². The van der Waals surface area contributed by atoms with Crippen LogP contribution in [-0.2, 0) is 4.74 Å². The number of hydrogen-bond acceptors (Lipinski definition) is 6. The van der Waals surface area contributed by atoms with E-state index in [-0.39, 0.29) is 35.7 Å². The lowest BCUT2D eigenvalue weighted by Gasteiger charge is -2.40. The normalized spacial score (nSPS) is 15.3. The number of ether oxygens (including phenoxy) is 1. The maximum absolute atomic E-state index is 13.9. The van der Waals surface area contributed by atoms with Crippen molar-refractivity contribution in [2.24, 2.45) is 0 Å². The predicted molar refractivity (Wildman–Crippen MR) is 149 cm³/mol. The zero-order chi connectivity index (χ0) is 27.5. The lowest BCUT2D eigenvalue weighted by Crippen LogP contribution is -2.55. The Morgan fingerprint density at radius 3 is 2.36 bits per heavy atom. The summed E-state index contributed by atoms with van der Waals surface area (Å²) in [5.74, 6) is -0.715. The second-order valence-electron chi connectivity index (χ2n) is 9.55. The van der Waals surface area contributed by atoms with Gasteiger partial charge in [-0.1, -0.05) is 66.7 Å². The van der Waals surface area contributed by atoms with Gasteiger partial charge in [-0.15, -0.1) is 0 Å². The number of carbonyl (C=O) groups is 3. The highest BCUT2D eigenvalue weighted by Crippen LogP contribution is 2.27. The molecular formula is C31H30N4O4. The minimum Gasteiger partial charge on any atom is -0.462 e. The van der Waals surface area contributed by atoms with Gasteiger partial charge in [-0.25, -0.2) is 14.8 Å². The van der Waals surface area contributed by atoms with Crippen LogP contribution in [0.3, 0.4) is 0 Å². The SMILES string of the molecule is CCOC(=O)c1c(C(=O)N2CCN(C(=O)c3cccc4ccccc34)C(C)C2)nc(C)nc1-c1ccccc1. The van der Waals surface area contributed by atoms with E-state index in [1.807, 2.05) is 79.7 Å². The molecule has 2 heterocycles. The Kier molecular flexibility index (Phi) is 7.36. The second kappa shape index (κ2) is 11.0. The molecule has 1 aliphatic heterocycles. The van der Waals surface area contributed by atoms with E-state index in [1.54, 1.807) is 23.6 Å². The minimum absolute atomic E-state index is 0.0147. The standard InChI is InChI=1S/C31H30N4O4/c1-4-39-31(38)26-27(23-12-6-5-7-13-23)32-21(3)33-28(26)30(37)34-17-18-35(20(2)19-34)29(36)25-16-10-14-22-11-8-9-15-24(22)25/h5-16,20H,4,17-19H2,1-3H3. The Labute approximate surface area is 227 Å².